The average molecular weight is 288 g/mol. The van der Waals surface area contributed by atoms with E-state index in [4.69, 9.17) is 9.72 Å². The van der Waals surface area contributed by atoms with Crippen LogP contribution in [0.5, 0.6) is 0 Å². The Hall–Kier alpha value is -2.08. The number of anilines is 1. The summed E-state index contributed by atoms with van der Waals surface area (Å²) in [5.41, 5.74) is 1.96. The van der Waals surface area contributed by atoms with Gasteiger partial charge in [-0.1, -0.05) is 0 Å². The zero-order valence-corrected chi connectivity index (χ0v) is 12.4. The van der Waals surface area contributed by atoms with Crippen LogP contribution < -0.4 is 5.32 Å². The normalized spacial score (nSPS) is 18.4. The molecule has 0 aliphatic carbocycles. The molecule has 0 radical (unpaired) electrons. The zero-order valence-electron chi connectivity index (χ0n) is 12.4. The highest BCUT2D eigenvalue weighted by Gasteiger charge is 2.31. The maximum absolute atomic E-state index is 12.1. The molecule has 0 bridgehead atoms. The summed E-state index contributed by atoms with van der Waals surface area (Å²) in [7, 11) is 3.41. The van der Waals surface area contributed by atoms with E-state index < -0.39 is 0 Å². The van der Waals surface area contributed by atoms with Crippen molar-refractivity contribution in [2.45, 2.75) is 18.9 Å². The van der Waals surface area contributed by atoms with Gasteiger partial charge in [0.15, 0.2) is 0 Å². The maximum atomic E-state index is 12.1. The van der Waals surface area contributed by atoms with E-state index in [9.17, 15) is 4.79 Å². The van der Waals surface area contributed by atoms with Crippen LogP contribution in [-0.2, 0) is 9.53 Å². The van der Waals surface area contributed by atoms with Crippen LogP contribution in [0.4, 0.5) is 5.82 Å². The van der Waals surface area contributed by atoms with Crippen molar-refractivity contribution >= 4 is 17.2 Å². The van der Waals surface area contributed by atoms with Crippen molar-refractivity contribution in [3.8, 4) is 0 Å². The van der Waals surface area contributed by atoms with Gasteiger partial charge < -0.3 is 19.4 Å². The number of ether oxygens (including phenoxy) is 1. The van der Waals surface area contributed by atoms with E-state index in [0.717, 1.165) is 36.4 Å². The molecule has 1 fully saturated rings. The lowest BCUT2D eigenvalue weighted by atomic mass is 10.1. The van der Waals surface area contributed by atoms with Gasteiger partial charge in [0.25, 0.3) is 0 Å². The third kappa shape index (κ3) is 2.47. The van der Waals surface area contributed by atoms with E-state index >= 15 is 0 Å². The Labute approximate surface area is 123 Å². The number of fused-ring (bicyclic) bond motifs is 1. The second-order valence-electron chi connectivity index (χ2n) is 5.24. The number of hydrogen-bond donors (Lipinski definition) is 1. The Balaban J connectivity index is 1.96. The highest BCUT2D eigenvalue weighted by atomic mass is 16.5. The first-order chi connectivity index (χ1) is 10.2. The number of amides is 1. The Bertz CT molecular complexity index is 652. The molecule has 6 nitrogen and oxygen atoms in total. The second kappa shape index (κ2) is 5.73. The molecular weight excluding hydrogens is 268 g/mol. The maximum Gasteiger partial charge on any atom is 0.249 e. The van der Waals surface area contributed by atoms with Gasteiger partial charge in [-0.25, -0.2) is 4.98 Å². The summed E-state index contributed by atoms with van der Waals surface area (Å²) >= 11 is 0. The topological polar surface area (TPSA) is 58.9 Å². The summed E-state index contributed by atoms with van der Waals surface area (Å²) in [5, 5.41) is 3.13. The first kappa shape index (κ1) is 13.9. The summed E-state index contributed by atoms with van der Waals surface area (Å²) in [6, 6.07) is 4.04. The van der Waals surface area contributed by atoms with Gasteiger partial charge in [0, 0.05) is 33.1 Å². The first-order valence-electron chi connectivity index (χ1n) is 7.18. The predicted octanol–water partition coefficient (Wildman–Crippen LogP) is 1.69. The average Bonchev–Trinajstić information content (AvgIpc) is 3.14. The molecule has 3 heterocycles. The van der Waals surface area contributed by atoms with Crippen LogP contribution in [0.2, 0.25) is 0 Å². The standard InChI is InChI=1S/C15H20N4O2/c1-16-15-13-6-3-7-18(13)9-11(17-15)12-5-4-8-19(12)14(20)10-21-2/h3,6-7,9,12H,4-5,8,10H2,1-2H3,(H,16,17). The largest absolute Gasteiger partial charge is 0.375 e. The lowest BCUT2D eigenvalue weighted by Crippen LogP contribution is -2.33. The molecule has 21 heavy (non-hydrogen) atoms. The molecule has 1 amide bonds. The Morgan fingerprint density at radius 1 is 1.57 bits per heavy atom. The molecule has 1 unspecified atom stereocenters. The van der Waals surface area contributed by atoms with Crippen LogP contribution in [0.1, 0.15) is 24.6 Å². The molecule has 1 atom stereocenters. The van der Waals surface area contributed by atoms with Gasteiger partial charge in [-0.15, -0.1) is 0 Å². The molecule has 1 aliphatic rings. The van der Waals surface area contributed by atoms with E-state index in [1.54, 1.807) is 7.11 Å². The zero-order chi connectivity index (χ0) is 14.8. The number of nitrogens with one attached hydrogen (secondary N) is 1. The van der Waals surface area contributed by atoms with E-state index in [2.05, 4.69) is 5.32 Å². The van der Waals surface area contributed by atoms with Gasteiger partial charge in [0.05, 0.1) is 17.3 Å². The molecule has 1 N–H and O–H groups in total. The molecule has 6 heteroatoms. The highest BCUT2D eigenvalue weighted by Crippen LogP contribution is 2.32. The van der Waals surface area contributed by atoms with Crippen molar-refractivity contribution in [1.82, 2.24) is 14.3 Å². The highest BCUT2D eigenvalue weighted by molar-refractivity contribution is 5.78. The summed E-state index contributed by atoms with van der Waals surface area (Å²) < 4.78 is 7.02. The Kier molecular flexibility index (Phi) is 3.79. The van der Waals surface area contributed by atoms with E-state index in [1.165, 1.54) is 0 Å². The van der Waals surface area contributed by atoms with Crippen molar-refractivity contribution in [2.24, 2.45) is 0 Å². The molecule has 0 saturated carbocycles. The van der Waals surface area contributed by atoms with Crippen LogP contribution in [0.25, 0.3) is 5.52 Å². The van der Waals surface area contributed by atoms with Crippen LogP contribution in [0, 0.1) is 0 Å². The molecule has 2 aromatic heterocycles. The molecule has 1 saturated heterocycles. The fourth-order valence-electron chi connectivity index (χ4n) is 2.99. The predicted molar refractivity (Wildman–Crippen MR) is 80.3 cm³/mol. The second-order valence-corrected chi connectivity index (χ2v) is 5.24. The number of rotatable bonds is 4. The fourth-order valence-corrected chi connectivity index (χ4v) is 2.99. The molecule has 112 valence electrons. The minimum Gasteiger partial charge on any atom is -0.375 e. The number of hydrogen-bond acceptors (Lipinski definition) is 4. The van der Waals surface area contributed by atoms with E-state index in [0.29, 0.717) is 0 Å². The Morgan fingerprint density at radius 2 is 2.43 bits per heavy atom. The summed E-state index contributed by atoms with van der Waals surface area (Å²) in [6.07, 6.45) is 5.95. The van der Waals surface area contributed by atoms with Crippen molar-refractivity contribution in [2.75, 3.05) is 32.6 Å². The minimum absolute atomic E-state index is 0.0282. The van der Waals surface area contributed by atoms with Crippen molar-refractivity contribution < 1.29 is 9.53 Å². The molecular formula is C15H20N4O2. The smallest absolute Gasteiger partial charge is 0.249 e. The van der Waals surface area contributed by atoms with Gasteiger partial charge in [0.2, 0.25) is 5.91 Å². The molecule has 0 aromatic carbocycles. The fraction of sp³-hybridized carbons (Fsp3) is 0.467. The molecule has 3 rings (SSSR count). The molecule has 2 aromatic rings. The number of methoxy groups -OCH3 is 1. The quantitative estimate of drug-likeness (QED) is 0.930. The van der Waals surface area contributed by atoms with Crippen molar-refractivity contribution in [3.05, 3.63) is 30.2 Å². The number of likely N-dealkylation sites (tertiary alicyclic amines) is 1. The van der Waals surface area contributed by atoms with Crippen molar-refractivity contribution in [3.63, 3.8) is 0 Å². The lowest BCUT2D eigenvalue weighted by Gasteiger charge is -2.24. The monoisotopic (exact) mass is 288 g/mol. The van der Waals surface area contributed by atoms with Gasteiger partial charge >= 0.3 is 0 Å². The van der Waals surface area contributed by atoms with Gasteiger partial charge in [-0.05, 0) is 25.0 Å². The third-order valence-corrected chi connectivity index (χ3v) is 3.95. The lowest BCUT2D eigenvalue weighted by molar-refractivity contribution is -0.136. The molecule has 0 spiro atoms. The third-order valence-electron chi connectivity index (χ3n) is 3.95. The Morgan fingerprint density at radius 3 is 3.19 bits per heavy atom. The first-order valence-corrected chi connectivity index (χ1v) is 7.18. The number of aromatic nitrogens is 2. The van der Waals surface area contributed by atoms with E-state index in [-0.39, 0.29) is 18.6 Å². The van der Waals surface area contributed by atoms with Crippen LogP contribution in [0.3, 0.4) is 0 Å². The van der Waals surface area contributed by atoms with Gasteiger partial charge in [0.1, 0.15) is 12.4 Å². The van der Waals surface area contributed by atoms with Crippen LogP contribution in [0.15, 0.2) is 24.5 Å². The van der Waals surface area contributed by atoms with Crippen LogP contribution >= 0.6 is 0 Å². The minimum atomic E-state index is 0.0282. The number of nitrogens with zero attached hydrogens (tertiary/aromatic N) is 3. The molecule has 1 aliphatic heterocycles. The number of carbonyl (C=O) groups excluding carboxylic acids is 1. The summed E-state index contributed by atoms with van der Waals surface area (Å²) in [5.74, 6) is 0.865. The van der Waals surface area contributed by atoms with E-state index in [1.807, 2.05) is 40.9 Å². The number of carbonyl (C=O) groups is 1. The van der Waals surface area contributed by atoms with Crippen molar-refractivity contribution in [1.29, 1.82) is 0 Å². The summed E-state index contributed by atoms with van der Waals surface area (Å²) in [4.78, 5) is 18.7. The van der Waals surface area contributed by atoms with Crippen LogP contribution in [-0.4, -0.2) is 47.5 Å². The SMILES string of the molecule is CNc1nc(C2CCCN2C(=O)COC)cn2cccc12. The summed E-state index contributed by atoms with van der Waals surface area (Å²) in [6.45, 7) is 0.897. The van der Waals surface area contributed by atoms with Gasteiger partial charge in [-0.3, -0.25) is 4.79 Å². The van der Waals surface area contributed by atoms with Gasteiger partial charge in [-0.2, -0.15) is 0 Å².